The number of unbranched alkanes of at least 4 members (excludes halogenated alkanes) is 1. The molecule has 192 valence electrons. The van der Waals surface area contributed by atoms with E-state index in [1.807, 2.05) is 23.6 Å². The van der Waals surface area contributed by atoms with E-state index >= 15 is 0 Å². The molecule has 0 saturated carbocycles. The lowest BCUT2D eigenvalue weighted by molar-refractivity contribution is -0.144. The minimum Gasteiger partial charge on any atom is -0.483 e. The first-order chi connectivity index (χ1) is 15.7. The van der Waals surface area contributed by atoms with E-state index in [0.29, 0.717) is 58.8 Å². The molecule has 1 rings (SSSR count). The van der Waals surface area contributed by atoms with Crippen molar-refractivity contribution in [2.75, 3.05) is 72.0 Å². The van der Waals surface area contributed by atoms with Crippen LogP contribution in [0.1, 0.15) is 33.1 Å². The monoisotopic (exact) mass is 476 g/mol. The number of aliphatic carboxylic acids is 3. The van der Waals surface area contributed by atoms with Gasteiger partial charge in [-0.3, -0.25) is 33.9 Å². The van der Waals surface area contributed by atoms with Crippen LogP contribution in [-0.2, 0) is 19.2 Å². The summed E-state index contributed by atoms with van der Waals surface area (Å²) >= 11 is 0. The molecule has 1 unspecified atom stereocenters. The zero-order chi connectivity index (χ0) is 25.2. The van der Waals surface area contributed by atoms with Gasteiger partial charge < -0.3 is 25.3 Å². The van der Waals surface area contributed by atoms with Crippen molar-refractivity contribution in [1.29, 1.82) is 0 Å². The highest BCUT2D eigenvalue weighted by Gasteiger charge is 2.26. The average Bonchev–Trinajstić information content (AvgIpc) is 2.73. The number of rotatable bonds is 10. The van der Waals surface area contributed by atoms with Crippen molar-refractivity contribution in [3.63, 3.8) is 0 Å². The van der Waals surface area contributed by atoms with Gasteiger partial charge in [-0.25, -0.2) is 0 Å². The van der Waals surface area contributed by atoms with Crippen LogP contribution in [0.5, 0.6) is 0 Å². The quantitative estimate of drug-likeness (QED) is 0.306. The molecule has 0 bridgehead atoms. The van der Waals surface area contributed by atoms with Crippen LogP contribution in [0.4, 0.5) is 0 Å². The maximum absolute atomic E-state index is 11.9. The third-order valence-corrected chi connectivity index (χ3v) is 5.59. The number of hydrogen-bond acceptors (Lipinski definition) is 8. The summed E-state index contributed by atoms with van der Waals surface area (Å²) in [5, 5.41) is 35.1. The van der Waals surface area contributed by atoms with Crippen LogP contribution in [-0.4, -0.2) is 142 Å². The van der Waals surface area contributed by atoms with Crippen molar-refractivity contribution in [3.8, 4) is 0 Å². The Bertz CT molecular complexity index is 593. The minimum atomic E-state index is -0.948. The van der Waals surface area contributed by atoms with Gasteiger partial charge in [-0.1, -0.05) is 26.7 Å². The summed E-state index contributed by atoms with van der Waals surface area (Å²) in [6.45, 7) is 8.67. The molecule has 0 aromatic heterocycles. The predicted molar refractivity (Wildman–Crippen MR) is 121 cm³/mol. The highest BCUT2D eigenvalue weighted by atomic mass is 16.4. The van der Waals surface area contributed by atoms with Gasteiger partial charge >= 0.3 is 17.9 Å². The Hall–Kier alpha value is -2.28. The fraction of sp³-hybridized carbons (Fsp3) is 0.810. The van der Waals surface area contributed by atoms with Gasteiger partial charge in [0.25, 0.3) is 6.47 Å². The summed E-state index contributed by atoms with van der Waals surface area (Å²) in [5.74, 6) is -2.69. The normalized spacial score (nSPS) is 18.7. The van der Waals surface area contributed by atoms with Crippen LogP contribution >= 0.6 is 0 Å². The Labute approximate surface area is 195 Å². The molecule has 1 aliphatic rings. The van der Waals surface area contributed by atoms with Crippen LogP contribution in [0, 0.1) is 0 Å². The van der Waals surface area contributed by atoms with Gasteiger partial charge in [0, 0.05) is 52.4 Å². The van der Waals surface area contributed by atoms with Crippen LogP contribution in [0.3, 0.4) is 0 Å². The average molecular weight is 477 g/mol. The third kappa shape index (κ3) is 14.5. The molecule has 33 heavy (non-hydrogen) atoms. The van der Waals surface area contributed by atoms with E-state index in [1.54, 1.807) is 4.90 Å². The number of hydrogen-bond donors (Lipinski definition) is 4. The first kappa shape index (κ1) is 30.7. The summed E-state index contributed by atoms with van der Waals surface area (Å²) in [7, 11) is 0. The fourth-order valence-corrected chi connectivity index (χ4v) is 3.74. The first-order valence-corrected chi connectivity index (χ1v) is 11.3. The first-order valence-electron chi connectivity index (χ1n) is 11.3. The van der Waals surface area contributed by atoms with E-state index in [4.69, 9.17) is 9.90 Å². The Morgan fingerprint density at radius 3 is 1.55 bits per heavy atom. The van der Waals surface area contributed by atoms with E-state index in [2.05, 4.69) is 4.90 Å². The second kappa shape index (κ2) is 18.2. The summed E-state index contributed by atoms with van der Waals surface area (Å²) in [6.07, 6.45) is 2.32. The van der Waals surface area contributed by atoms with Crippen LogP contribution in [0.15, 0.2) is 0 Å². The van der Waals surface area contributed by atoms with E-state index in [1.165, 1.54) is 0 Å². The van der Waals surface area contributed by atoms with E-state index in [0.717, 1.165) is 19.4 Å². The van der Waals surface area contributed by atoms with Crippen molar-refractivity contribution in [2.24, 2.45) is 0 Å². The fourth-order valence-electron chi connectivity index (χ4n) is 3.74. The lowest BCUT2D eigenvalue weighted by atomic mass is 10.1. The highest BCUT2D eigenvalue weighted by molar-refractivity contribution is 5.73. The number of nitrogens with zero attached hydrogens (tertiary/aromatic N) is 4. The molecule has 0 aromatic carbocycles. The van der Waals surface area contributed by atoms with Crippen molar-refractivity contribution in [3.05, 3.63) is 0 Å². The standard InChI is InChI=1S/C20H38N4O6.CH2O2/c1-3-5-6-17(20(29)30)24-13-11-21(4-2)7-8-22(15-18(25)26)9-10-23(12-14-24)16-19(27)28;2-1-3/h17H,3-16H2,1-2H3,(H,25,26)(H,27,28)(H,29,30);1H,(H,2,3). The summed E-state index contributed by atoms with van der Waals surface area (Å²) in [6, 6.07) is -0.582. The van der Waals surface area contributed by atoms with Crippen molar-refractivity contribution >= 4 is 24.4 Å². The Morgan fingerprint density at radius 1 is 0.788 bits per heavy atom. The second-order valence-corrected chi connectivity index (χ2v) is 7.91. The maximum atomic E-state index is 11.9. The molecule has 0 aliphatic carbocycles. The number of likely N-dealkylation sites (N-methyl/N-ethyl adjacent to an activating group) is 1. The summed E-state index contributed by atoms with van der Waals surface area (Å²) < 4.78 is 0. The third-order valence-electron chi connectivity index (χ3n) is 5.59. The molecule has 0 aromatic rings. The van der Waals surface area contributed by atoms with Crippen LogP contribution in [0.2, 0.25) is 0 Å². The van der Waals surface area contributed by atoms with Gasteiger partial charge in [-0.2, -0.15) is 0 Å². The molecule has 12 nitrogen and oxygen atoms in total. The lowest BCUT2D eigenvalue weighted by Crippen LogP contribution is -2.51. The van der Waals surface area contributed by atoms with Gasteiger partial charge in [-0.15, -0.1) is 0 Å². The smallest absolute Gasteiger partial charge is 0.320 e. The van der Waals surface area contributed by atoms with Crippen LogP contribution < -0.4 is 0 Å². The Kier molecular flexibility index (Phi) is 16.9. The van der Waals surface area contributed by atoms with Gasteiger partial charge in [0.15, 0.2) is 0 Å². The minimum absolute atomic E-state index is 0.0807. The molecule has 1 heterocycles. The Morgan fingerprint density at radius 2 is 1.18 bits per heavy atom. The van der Waals surface area contributed by atoms with Gasteiger partial charge in [0.2, 0.25) is 0 Å². The van der Waals surface area contributed by atoms with E-state index in [-0.39, 0.29) is 19.6 Å². The molecule has 1 saturated heterocycles. The predicted octanol–water partition coefficient (Wildman–Crippen LogP) is -0.259. The van der Waals surface area contributed by atoms with Crippen LogP contribution in [0.25, 0.3) is 0 Å². The largest absolute Gasteiger partial charge is 0.483 e. The van der Waals surface area contributed by atoms with Crippen molar-refractivity contribution in [1.82, 2.24) is 19.6 Å². The number of carbonyl (C=O) groups is 4. The van der Waals surface area contributed by atoms with Crippen molar-refractivity contribution < 1.29 is 39.6 Å². The van der Waals surface area contributed by atoms with Gasteiger partial charge in [0.05, 0.1) is 13.1 Å². The topological polar surface area (TPSA) is 162 Å². The molecular weight excluding hydrogens is 436 g/mol. The van der Waals surface area contributed by atoms with Gasteiger partial charge in [-0.05, 0) is 13.0 Å². The molecule has 4 N–H and O–H groups in total. The molecule has 1 atom stereocenters. The molecule has 0 spiro atoms. The highest BCUT2D eigenvalue weighted by Crippen LogP contribution is 2.11. The van der Waals surface area contributed by atoms with E-state index in [9.17, 15) is 29.7 Å². The SMILES string of the molecule is CCCCC(C(=O)O)N1CCN(CC)CCN(CC(=O)O)CCN(CC(=O)O)CC1.O=CO. The van der Waals surface area contributed by atoms with Gasteiger partial charge in [0.1, 0.15) is 6.04 Å². The number of carboxylic acid groups (broad SMARTS) is 4. The Balaban J connectivity index is 0.00000322. The zero-order valence-corrected chi connectivity index (χ0v) is 19.8. The molecule has 12 heteroatoms. The molecule has 1 fully saturated rings. The zero-order valence-electron chi connectivity index (χ0n) is 19.8. The molecular formula is C21H40N4O8. The van der Waals surface area contributed by atoms with E-state index < -0.39 is 23.9 Å². The molecule has 1 aliphatic heterocycles. The second-order valence-electron chi connectivity index (χ2n) is 7.91. The number of carboxylic acids is 3. The summed E-state index contributed by atoms with van der Waals surface area (Å²) in [5.41, 5.74) is 0. The summed E-state index contributed by atoms with van der Waals surface area (Å²) in [4.78, 5) is 50.5. The molecule has 0 radical (unpaired) electrons. The molecule has 0 amide bonds. The maximum Gasteiger partial charge on any atom is 0.320 e. The lowest BCUT2D eigenvalue weighted by Gasteiger charge is -2.35. The van der Waals surface area contributed by atoms with Crippen molar-refractivity contribution in [2.45, 2.75) is 39.2 Å².